The third-order valence-corrected chi connectivity index (χ3v) is 3.96. The Bertz CT molecular complexity index is 822. The number of aryl methyl sites for hydroxylation is 1. The Morgan fingerprint density at radius 1 is 1.21 bits per heavy atom. The molecule has 29 heavy (non-hydrogen) atoms. The molecule has 0 aliphatic rings. The molecule has 0 bridgehead atoms. The molecule has 0 fully saturated rings. The second-order valence-electron chi connectivity index (χ2n) is 6.09. The van der Waals surface area contributed by atoms with E-state index in [9.17, 15) is 4.79 Å². The number of aliphatic imine (C=N–C) groups is 1. The summed E-state index contributed by atoms with van der Waals surface area (Å²) in [6, 6.07) is 9.12. The first-order valence-electron chi connectivity index (χ1n) is 8.89. The summed E-state index contributed by atoms with van der Waals surface area (Å²) < 4.78 is 21.4. The lowest BCUT2D eigenvalue weighted by Gasteiger charge is -2.17. The van der Waals surface area contributed by atoms with Gasteiger partial charge in [-0.15, -0.1) is 24.0 Å². The van der Waals surface area contributed by atoms with Crippen molar-refractivity contribution >= 4 is 35.9 Å². The molecule has 160 valence electrons. The first-order chi connectivity index (χ1) is 13.5. The number of guanidine groups is 1. The Balaban J connectivity index is 0.00000420. The number of carbonyl (C=O) groups is 1. The maximum Gasteiger partial charge on any atom is 0.341 e. The van der Waals surface area contributed by atoms with Crippen molar-refractivity contribution in [1.29, 1.82) is 0 Å². The van der Waals surface area contributed by atoms with E-state index in [0.717, 1.165) is 11.5 Å². The predicted molar refractivity (Wildman–Crippen MR) is 121 cm³/mol. The molecular weight excluding hydrogens is 489 g/mol. The molecule has 1 unspecified atom stereocenters. The fraction of sp³-hybridized carbons (Fsp3) is 0.400. The largest absolute Gasteiger partial charge is 0.497 e. The molecule has 0 saturated heterocycles. The molecule has 0 radical (unpaired) electrons. The van der Waals surface area contributed by atoms with Crippen molar-refractivity contribution in [2.24, 2.45) is 4.99 Å². The topological polar surface area (TPSA) is 94.3 Å². The summed E-state index contributed by atoms with van der Waals surface area (Å²) in [4.78, 5) is 15.8. The van der Waals surface area contributed by atoms with Crippen molar-refractivity contribution in [3.8, 4) is 11.5 Å². The number of hydrogen-bond acceptors (Lipinski definition) is 6. The van der Waals surface area contributed by atoms with Crippen molar-refractivity contribution in [2.75, 3.05) is 27.8 Å². The van der Waals surface area contributed by atoms with Crippen molar-refractivity contribution in [1.82, 2.24) is 10.6 Å². The third-order valence-electron chi connectivity index (χ3n) is 3.96. The number of furan rings is 1. The van der Waals surface area contributed by atoms with Crippen LogP contribution in [0.4, 0.5) is 0 Å². The summed E-state index contributed by atoms with van der Waals surface area (Å²) in [5, 5.41) is 6.33. The molecular formula is C20H28IN3O5. The van der Waals surface area contributed by atoms with Gasteiger partial charge in [-0.2, -0.15) is 0 Å². The van der Waals surface area contributed by atoms with Crippen LogP contribution in [-0.4, -0.2) is 45.8 Å². The zero-order valence-corrected chi connectivity index (χ0v) is 19.6. The van der Waals surface area contributed by atoms with E-state index in [1.165, 1.54) is 7.11 Å². The minimum absolute atomic E-state index is 0. The van der Waals surface area contributed by atoms with E-state index >= 15 is 0 Å². The van der Waals surface area contributed by atoms with E-state index in [0.29, 0.717) is 36.1 Å². The van der Waals surface area contributed by atoms with Gasteiger partial charge in [0.05, 0.1) is 27.3 Å². The zero-order chi connectivity index (χ0) is 20.5. The summed E-state index contributed by atoms with van der Waals surface area (Å²) in [6.07, 6.45) is -0.0950. The number of hydrogen-bond donors (Lipinski definition) is 2. The average molecular weight is 517 g/mol. The molecule has 0 spiro atoms. The van der Waals surface area contributed by atoms with Gasteiger partial charge in [-0.3, -0.25) is 4.99 Å². The van der Waals surface area contributed by atoms with E-state index in [4.69, 9.17) is 18.6 Å². The number of methoxy groups -OCH3 is 2. The lowest BCUT2D eigenvalue weighted by molar-refractivity contribution is 0.0599. The minimum Gasteiger partial charge on any atom is -0.497 e. The van der Waals surface area contributed by atoms with Gasteiger partial charge in [0, 0.05) is 13.1 Å². The quantitative estimate of drug-likeness (QED) is 0.241. The van der Waals surface area contributed by atoms with Crippen LogP contribution in [0, 0.1) is 6.92 Å². The normalized spacial score (nSPS) is 11.8. The number of benzene rings is 1. The van der Waals surface area contributed by atoms with E-state index in [2.05, 4.69) is 15.6 Å². The van der Waals surface area contributed by atoms with Crippen LogP contribution in [0.1, 0.15) is 28.8 Å². The monoisotopic (exact) mass is 517 g/mol. The van der Waals surface area contributed by atoms with Gasteiger partial charge in [0.1, 0.15) is 34.7 Å². The Labute approximate surface area is 188 Å². The molecule has 1 aromatic carbocycles. The number of nitrogens with one attached hydrogen (secondary N) is 2. The Hall–Kier alpha value is -2.43. The van der Waals surface area contributed by atoms with Crippen LogP contribution in [0.2, 0.25) is 0 Å². The molecule has 2 N–H and O–H groups in total. The van der Waals surface area contributed by atoms with Gasteiger partial charge < -0.3 is 29.3 Å². The molecule has 0 amide bonds. The third kappa shape index (κ3) is 7.48. The number of nitrogens with zero attached hydrogens (tertiary/aromatic N) is 1. The highest BCUT2D eigenvalue weighted by Gasteiger charge is 2.15. The maximum absolute atomic E-state index is 11.6. The Morgan fingerprint density at radius 3 is 2.59 bits per heavy atom. The van der Waals surface area contributed by atoms with Gasteiger partial charge in [0.2, 0.25) is 0 Å². The zero-order valence-electron chi connectivity index (χ0n) is 17.3. The Kier molecular flexibility index (Phi) is 10.4. The second-order valence-corrected chi connectivity index (χ2v) is 6.09. The summed E-state index contributed by atoms with van der Waals surface area (Å²) in [6.45, 7) is 4.60. The number of rotatable bonds is 8. The van der Waals surface area contributed by atoms with Crippen LogP contribution in [0.5, 0.6) is 11.5 Å². The standard InChI is InChI=1S/C20H27N3O5.HI/c1-13(27-16-8-6-7-15(9-16)25-4)11-22-20(21-3)23-12-17-10-18(14(2)28-17)19(24)26-5;/h6-10,13H,11-12H2,1-5H3,(H2,21,22,23);1H. The molecule has 1 atom stereocenters. The number of ether oxygens (including phenoxy) is 3. The fourth-order valence-corrected chi connectivity index (χ4v) is 2.52. The van der Waals surface area contributed by atoms with E-state index in [1.54, 1.807) is 27.1 Å². The van der Waals surface area contributed by atoms with E-state index in [-0.39, 0.29) is 30.1 Å². The molecule has 2 aromatic rings. The van der Waals surface area contributed by atoms with Crippen LogP contribution < -0.4 is 20.1 Å². The molecule has 0 saturated carbocycles. The maximum atomic E-state index is 11.6. The Morgan fingerprint density at radius 2 is 1.93 bits per heavy atom. The molecule has 2 rings (SSSR count). The molecule has 0 aliphatic carbocycles. The fourth-order valence-electron chi connectivity index (χ4n) is 2.52. The highest BCUT2D eigenvalue weighted by Crippen LogP contribution is 2.19. The average Bonchev–Trinajstić information content (AvgIpc) is 3.08. The van der Waals surface area contributed by atoms with Gasteiger partial charge in [0.15, 0.2) is 5.96 Å². The summed E-state index contributed by atoms with van der Waals surface area (Å²) in [5.41, 5.74) is 0.419. The molecule has 8 nitrogen and oxygen atoms in total. The van der Waals surface area contributed by atoms with Crippen molar-refractivity contribution in [3.05, 3.63) is 47.4 Å². The van der Waals surface area contributed by atoms with Crippen molar-refractivity contribution < 1.29 is 23.4 Å². The van der Waals surface area contributed by atoms with Gasteiger partial charge in [0.25, 0.3) is 0 Å². The lowest BCUT2D eigenvalue weighted by atomic mass is 10.2. The van der Waals surface area contributed by atoms with Gasteiger partial charge in [-0.1, -0.05) is 6.07 Å². The van der Waals surface area contributed by atoms with Crippen molar-refractivity contribution in [3.63, 3.8) is 0 Å². The number of halogens is 1. The lowest BCUT2D eigenvalue weighted by Crippen LogP contribution is -2.41. The van der Waals surface area contributed by atoms with Gasteiger partial charge >= 0.3 is 5.97 Å². The molecule has 1 heterocycles. The molecule has 0 aliphatic heterocycles. The highest BCUT2D eigenvalue weighted by atomic mass is 127. The first kappa shape index (κ1) is 24.6. The second kappa shape index (κ2) is 12.2. The van der Waals surface area contributed by atoms with Crippen LogP contribution in [0.3, 0.4) is 0 Å². The molecule has 1 aromatic heterocycles. The SMILES string of the molecule is CN=C(NCc1cc(C(=O)OC)c(C)o1)NCC(C)Oc1cccc(OC)c1.I. The smallest absolute Gasteiger partial charge is 0.341 e. The van der Waals surface area contributed by atoms with Crippen LogP contribution in [-0.2, 0) is 11.3 Å². The van der Waals surface area contributed by atoms with Crippen LogP contribution in [0.15, 0.2) is 39.7 Å². The number of carbonyl (C=O) groups excluding carboxylic acids is 1. The number of esters is 1. The minimum atomic E-state index is -0.418. The summed E-state index contributed by atoms with van der Waals surface area (Å²) in [5.74, 6) is 2.79. The predicted octanol–water partition coefficient (Wildman–Crippen LogP) is 3.13. The van der Waals surface area contributed by atoms with Crippen LogP contribution >= 0.6 is 24.0 Å². The van der Waals surface area contributed by atoms with Gasteiger partial charge in [-0.25, -0.2) is 4.79 Å². The van der Waals surface area contributed by atoms with Crippen molar-refractivity contribution in [2.45, 2.75) is 26.5 Å². The van der Waals surface area contributed by atoms with E-state index in [1.807, 2.05) is 31.2 Å². The highest BCUT2D eigenvalue weighted by molar-refractivity contribution is 14.0. The summed E-state index contributed by atoms with van der Waals surface area (Å²) in [7, 11) is 4.64. The van der Waals surface area contributed by atoms with E-state index < -0.39 is 5.97 Å². The first-order valence-corrected chi connectivity index (χ1v) is 8.89. The van der Waals surface area contributed by atoms with Crippen LogP contribution in [0.25, 0.3) is 0 Å². The van der Waals surface area contributed by atoms with Gasteiger partial charge in [-0.05, 0) is 32.0 Å². The molecule has 9 heteroatoms. The summed E-state index contributed by atoms with van der Waals surface area (Å²) >= 11 is 0.